The van der Waals surface area contributed by atoms with E-state index in [1.165, 1.54) is 0 Å². The lowest BCUT2D eigenvalue weighted by atomic mass is 10.1. The van der Waals surface area contributed by atoms with Gasteiger partial charge in [-0.2, -0.15) is 5.26 Å². The van der Waals surface area contributed by atoms with E-state index in [1.807, 2.05) is 18.2 Å². The van der Waals surface area contributed by atoms with E-state index in [4.69, 9.17) is 9.47 Å². The number of nitrogens with zero attached hydrogens (tertiary/aromatic N) is 5. The lowest BCUT2D eigenvalue weighted by molar-refractivity contribution is -0.117. The third-order valence-electron chi connectivity index (χ3n) is 6.33. The summed E-state index contributed by atoms with van der Waals surface area (Å²) in [7, 11) is 1.67. The number of anilines is 3. The van der Waals surface area contributed by atoms with E-state index in [0.29, 0.717) is 36.1 Å². The second-order valence-electron chi connectivity index (χ2n) is 9.24. The summed E-state index contributed by atoms with van der Waals surface area (Å²) in [5.41, 5.74) is 4.11. The number of hydrogen-bond donors (Lipinski definition) is 2. The van der Waals surface area contributed by atoms with Crippen LogP contribution in [0.3, 0.4) is 0 Å². The Morgan fingerprint density at radius 3 is 2.76 bits per heavy atom. The number of nitriles is 1. The van der Waals surface area contributed by atoms with Gasteiger partial charge in [-0.05, 0) is 43.2 Å². The van der Waals surface area contributed by atoms with Crippen LogP contribution in [0.4, 0.5) is 17.3 Å². The number of amides is 1. The molecule has 2 N–H and O–H groups in total. The van der Waals surface area contributed by atoms with Crippen LogP contribution in [0, 0.1) is 17.2 Å². The van der Waals surface area contributed by atoms with Crippen molar-refractivity contribution < 1.29 is 14.3 Å². The molecular formula is C27H29N7O3. The third kappa shape index (κ3) is 6.46. The molecule has 1 aliphatic heterocycles. The molecule has 1 saturated heterocycles. The van der Waals surface area contributed by atoms with E-state index < -0.39 is 0 Å². The Morgan fingerprint density at radius 2 is 2.03 bits per heavy atom. The number of likely N-dealkylation sites (tertiary alicyclic amines) is 1. The number of carbonyl (C=O) groups is 1. The van der Waals surface area contributed by atoms with E-state index in [0.717, 1.165) is 49.4 Å². The normalized spacial score (nSPS) is 15.6. The van der Waals surface area contributed by atoms with Gasteiger partial charge in [0.2, 0.25) is 11.9 Å². The molecule has 2 aromatic heterocycles. The predicted octanol–water partition coefficient (Wildman–Crippen LogP) is 3.35. The van der Waals surface area contributed by atoms with Crippen LogP contribution in [0.15, 0.2) is 48.8 Å². The average molecular weight is 500 g/mol. The van der Waals surface area contributed by atoms with Crippen LogP contribution in [0.2, 0.25) is 0 Å². The fourth-order valence-electron chi connectivity index (χ4n) is 4.07. The van der Waals surface area contributed by atoms with Crippen molar-refractivity contribution in [3.05, 3.63) is 60.0 Å². The molecule has 0 radical (unpaired) electrons. The minimum atomic E-state index is -0.0292. The van der Waals surface area contributed by atoms with Crippen LogP contribution in [-0.2, 0) is 20.8 Å². The molecule has 0 unspecified atom stereocenters. The SMILES string of the molecule is COCCOC1CN(Cc2ccc(Nc3nccc(-c4ccc(NC(=O)C5CC5)c(C#N)c4)n3)cn2)C1. The maximum atomic E-state index is 12.1. The highest BCUT2D eigenvalue weighted by Gasteiger charge is 2.30. The Bertz CT molecular complexity index is 1280. The molecule has 0 atom stereocenters. The van der Waals surface area contributed by atoms with Gasteiger partial charge < -0.3 is 20.1 Å². The average Bonchev–Trinajstić information content (AvgIpc) is 3.74. The molecule has 3 aromatic rings. The number of rotatable bonds is 11. The highest BCUT2D eigenvalue weighted by atomic mass is 16.5. The molecule has 37 heavy (non-hydrogen) atoms. The Hall–Kier alpha value is -3.91. The molecule has 1 saturated carbocycles. The van der Waals surface area contributed by atoms with Crippen LogP contribution in [0.25, 0.3) is 11.3 Å². The van der Waals surface area contributed by atoms with Gasteiger partial charge in [0.25, 0.3) is 0 Å². The van der Waals surface area contributed by atoms with Gasteiger partial charge in [0.05, 0.1) is 53.8 Å². The third-order valence-corrected chi connectivity index (χ3v) is 6.33. The van der Waals surface area contributed by atoms with Crippen molar-refractivity contribution in [2.75, 3.05) is 44.0 Å². The lowest BCUT2D eigenvalue weighted by Crippen LogP contribution is -2.51. The minimum absolute atomic E-state index is 0.0292. The van der Waals surface area contributed by atoms with E-state index in [-0.39, 0.29) is 17.9 Å². The molecule has 190 valence electrons. The van der Waals surface area contributed by atoms with Crippen molar-refractivity contribution in [2.24, 2.45) is 5.92 Å². The van der Waals surface area contributed by atoms with E-state index in [2.05, 4.69) is 36.6 Å². The van der Waals surface area contributed by atoms with Gasteiger partial charge in [0.15, 0.2) is 0 Å². The molecule has 3 heterocycles. The van der Waals surface area contributed by atoms with Gasteiger partial charge >= 0.3 is 0 Å². The van der Waals surface area contributed by atoms with Gasteiger partial charge in [-0.25, -0.2) is 9.97 Å². The summed E-state index contributed by atoms with van der Waals surface area (Å²) < 4.78 is 10.7. The predicted molar refractivity (Wildman–Crippen MR) is 138 cm³/mol. The summed E-state index contributed by atoms with van der Waals surface area (Å²) in [6.07, 6.45) is 5.51. The highest BCUT2D eigenvalue weighted by molar-refractivity contribution is 5.95. The first-order valence-electron chi connectivity index (χ1n) is 12.3. The largest absolute Gasteiger partial charge is 0.382 e. The topological polar surface area (TPSA) is 125 Å². The number of hydrogen-bond acceptors (Lipinski definition) is 9. The van der Waals surface area contributed by atoms with Gasteiger partial charge in [0.1, 0.15) is 6.07 Å². The van der Waals surface area contributed by atoms with Gasteiger partial charge in [-0.15, -0.1) is 0 Å². The fraction of sp³-hybridized carbons (Fsp3) is 0.370. The minimum Gasteiger partial charge on any atom is -0.382 e. The monoisotopic (exact) mass is 499 g/mol. The van der Waals surface area contributed by atoms with Crippen LogP contribution in [0.5, 0.6) is 0 Å². The van der Waals surface area contributed by atoms with Crippen molar-refractivity contribution in [1.82, 2.24) is 19.9 Å². The lowest BCUT2D eigenvalue weighted by Gasteiger charge is -2.38. The van der Waals surface area contributed by atoms with E-state index in [9.17, 15) is 10.1 Å². The first-order chi connectivity index (χ1) is 18.1. The number of carbonyl (C=O) groups excluding carboxylic acids is 1. The Kier molecular flexibility index (Phi) is 7.65. The van der Waals surface area contributed by atoms with Crippen LogP contribution >= 0.6 is 0 Å². The molecule has 5 rings (SSSR count). The number of benzene rings is 1. The second-order valence-corrected chi connectivity index (χ2v) is 9.24. The standard InChI is InChI=1S/C27H29N7O3/c1-36-10-11-37-23-16-34(17-23)15-22-6-5-21(14-30-22)31-27-29-9-8-25(33-27)19-4-7-24(20(12-19)13-28)32-26(35)18-2-3-18/h4-9,12,14,18,23H,2-3,10-11,15-17H2,1H3,(H,32,35)(H,29,31,33). The van der Waals surface area contributed by atoms with Crippen molar-refractivity contribution in [3.8, 4) is 17.3 Å². The zero-order chi connectivity index (χ0) is 25.6. The number of methoxy groups -OCH3 is 1. The van der Waals surface area contributed by atoms with Gasteiger partial charge in [0, 0.05) is 44.4 Å². The van der Waals surface area contributed by atoms with Gasteiger partial charge in [-0.1, -0.05) is 6.07 Å². The second kappa shape index (κ2) is 11.4. The van der Waals surface area contributed by atoms with Crippen molar-refractivity contribution in [3.63, 3.8) is 0 Å². The zero-order valence-corrected chi connectivity index (χ0v) is 20.7. The van der Waals surface area contributed by atoms with Crippen molar-refractivity contribution >= 4 is 23.2 Å². The molecule has 1 aromatic carbocycles. The zero-order valence-electron chi connectivity index (χ0n) is 20.7. The molecule has 10 heteroatoms. The first-order valence-corrected chi connectivity index (χ1v) is 12.3. The maximum Gasteiger partial charge on any atom is 0.227 e. The van der Waals surface area contributed by atoms with Gasteiger partial charge in [-0.3, -0.25) is 14.7 Å². The smallest absolute Gasteiger partial charge is 0.227 e. The first kappa shape index (κ1) is 24.8. The summed E-state index contributed by atoms with van der Waals surface area (Å²) in [4.78, 5) is 27.9. The number of pyridine rings is 1. The fourth-order valence-corrected chi connectivity index (χ4v) is 4.07. The Labute approximate surface area is 215 Å². The number of ether oxygens (including phenoxy) is 2. The summed E-state index contributed by atoms with van der Waals surface area (Å²) in [6, 6.07) is 13.2. The molecule has 10 nitrogen and oxygen atoms in total. The summed E-state index contributed by atoms with van der Waals surface area (Å²) in [5, 5.41) is 15.6. The van der Waals surface area contributed by atoms with Crippen LogP contribution in [0.1, 0.15) is 24.1 Å². The van der Waals surface area contributed by atoms with Crippen molar-refractivity contribution in [2.45, 2.75) is 25.5 Å². The summed E-state index contributed by atoms with van der Waals surface area (Å²) >= 11 is 0. The van der Waals surface area contributed by atoms with E-state index >= 15 is 0 Å². The van der Waals surface area contributed by atoms with Crippen LogP contribution < -0.4 is 10.6 Å². The maximum absolute atomic E-state index is 12.1. The number of nitrogens with one attached hydrogen (secondary N) is 2. The molecular weight excluding hydrogens is 470 g/mol. The Morgan fingerprint density at radius 1 is 1.16 bits per heavy atom. The molecule has 0 spiro atoms. The molecule has 1 aliphatic carbocycles. The quantitative estimate of drug-likeness (QED) is 0.382. The van der Waals surface area contributed by atoms with Crippen LogP contribution in [-0.4, -0.2) is 65.3 Å². The highest BCUT2D eigenvalue weighted by Crippen LogP contribution is 2.31. The molecule has 0 bridgehead atoms. The summed E-state index contributed by atoms with van der Waals surface area (Å²) in [5.74, 6) is 0.466. The van der Waals surface area contributed by atoms with E-state index in [1.54, 1.807) is 37.7 Å². The molecule has 2 fully saturated rings. The molecule has 1 amide bonds. The Balaban J connectivity index is 1.18. The number of aromatic nitrogens is 3. The summed E-state index contributed by atoms with van der Waals surface area (Å²) in [6.45, 7) is 3.81. The molecule has 2 aliphatic rings. The van der Waals surface area contributed by atoms with Crippen molar-refractivity contribution in [1.29, 1.82) is 5.26 Å².